The summed E-state index contributed by atoms with van der Waals surface area (Å²) < 4.78 is 26.7. The Bertz CT molecular complexity index is 702. The summed E-state index contributed by atoms with van der Waals surface area (Å²) in [6.45, 7) is 1.37. The maximum Gasteiger partial charge on any atom is 0.320 e. The molecule has 0 unspecified atom stereocenters. The second-order valence-corrected chi connectivity index (χ2v) is 7.23. The number of hydrogen-bond donors (Lipinski definition) is 1. The average molecular weight is 349 g/mol. The van der Waals surface area contributed by atoms with Crippen molar-refractivity contribution in [3.05, 3.63) is 35.4 Å². The molecular weight excluding hydrogens is 328 g/mol. The van der Waals surface area contributed by atoms with Gasteiger partial charge in [-0.1, -0.05) is 6.07 Å². The summed E-state index contributed by atoms with van der Waals surface area (Å²) in [7, 11) is 0. The third-order valence-corrected chi connectivity index (χ3v) is 5.35. The molecule has 1 aliphatic heterocycles. The van der Waals surface area contributed by atoms with Crippen LogP contribution in [0.2, 0.25) is 0 Å². The smallest absolute Gasteiger partial charge is 0.320 e. The van der Waals surface area contributed by atoms with Crippen molar-refractivity contribution in [2.24, 2.45) is 0 Å². The van der Waals surface area contributed by atoms with Crippen LogP contribution in [0.3, 0.4) is 0 Å². The molecule has 2 aliphatic carbocycles. The molecule has 4 rings (SSSR count). The number of urea groups is 1. The van der Waals surface area contributed by atoms with E-state index >= 15 is 0 Å². The fourth-order valence-corrected chi connectivity index (χ4v) is 3.74. The first-order valence-electron chi connectivity index (χ1n) is 8.81. The molecule has 2 saturated carbocycles. The van der Waals surface area contributed by atoms with E-state index in [2.05, 4.69) is 5.32 Å². The van der Waals surface area contributed by atoms with E-state index in [1.807, 2.05) is 4.90 Å². The highest BCUT2D eigenvalue weighted by Crippen LogP contribution is 2.38. The molecule has 1 aromatic rings. The summed E-state index contributed by atoms with van der Waals surface area (Å²) in [6, 6.07) is 3.94. The van der Waals surface area contributed by atoms with Crippen LogP contribution < -0.4 is 5.32 Å². The van der Waals surface area contributed by atoms with Gasteiger partial charge in [0.2, 0.25) is 5.91 Å². The van der Waals surface area contributed by atoms with E-state index in [-0.39, 0.29) is 30.4 Å². The van der Waals surface area contributed by atoms with E-state index in [0.29, 0.717) is 37.5 Å². The Morgan fingerprint density at radius 3 is 2.64 bits per heavy atom. The molecule has 1 N–H and O–H groups in total. The maximum atomic E-state index is 13.8. The minimum absolute atomic E-state index is 0.00433. The monoisotopic (exact) mass is 349 g/mol. The topological polar surface area (TPSA) is 52.7 Å². The summed E-state index contributed by atoms with van der Waals surface area (Å²) in [5.74, 6) is -1.28. The zero-order chi connectivity index (χ0) is 17.6. The quantitative estimate of drug-likeness (QED) is 0.886. The molecule has 1 saturated heterocycles. The number of halogens is 2. The van der Waals surface area contributed by atoms with Crippen LogP contribution in [0.5, 0.6) is 0 Å². The van der Waals surface area contributed by atoms with Gasteiger partial charge in [0.15, 0.2) is 0 Å². The van der Waals surface area contributed by atoms with Gasteiger partial charge in [-0.05, 0) is 43.2 Å². The van der Waals surface area contributed by atoms with E-state index in [1.54, 1.807) is 4.90 Å². The molecule has 0 aromatic heterocycles. The number of nitrogens with zero attached hydrogens (tertiary/aromatic N) is 2. The maximum absolute atomic E-state index is 13.8. The summed E-state index contributed by atoms with van der Waals surface area (Å²) in [4.78, 5) is 27.8. The lowest BCUT2D eigenvalue weighted by Gasteiger charge is -2.36. The van der Waals surface area contributed by atoms with Gasteiger partial charge in [-0.25, -0.2) is 13.6 Å². The first-order chi connectivity index (χ1) is 12.0. The van der Waals surface area contributed by atoms with E-state index in [1.165, 1.54) is 12.1 Å². The van der Waals surface area contributed by atoms with Crippen molar-refractivity contribution in [1.82, 2.24) is 15.1 Å². The van der Waals surface area contributed by atoms with Crippen LogP contribution in [0.25, 0.3) is 0 Å². The highest BCUT2D eigenvalue weighted by atomic mass is 19.1. The summed E-state index contributed by atoms with van der Waals surface area (Å²) >= 11 is 0. The average Bonchev–Trinajstić information content (AvgIpc) is 3.30. The lowest BCUT2D eigenvalue weighted by Crippen LogP contribution is -2.48. The van der Waals surface area contributed by atoms with Gasteiger partial charge in [-0.15, -0.1) is 0 Å². The van der Waals surface area contributed by atoms with Gasteiger partial charge in [0, 0.05) is 31.2 Å². The molecule has 0 radical (unpaired) electrons. The zero-order valence-corrected chi connectivity index (χ0v) is 13.9. The van der Waals surface area contributed by atoms with Crippen LogP contribution in [0.4, 0.5) is 13.6 Å². The minimum Gasteiger partial charge on any atom is -0.352 e. The summed E-state index contributed by atoms with van der Waals surface area (Å²) in [6.07, 6.45) is 3.40. The Labute approximate surface area is 145 Å². The number of hydrogen-bond acceptors (Lipinski definition) is 2. The van der Waals surface area contributed by atoms with Crippen LogP contribution in [0, 0.1) is 11.6 Å². The molecule has 3 amide bonds. The predicted molar refractivity (Wildman–Crippen MR) is 87.0 cm³/mol. The first kappa shape index (κ1) is 16.3. The normalized spacial score (nSPS) is 25.9. The molecule has 0 bridgehead atoms. The number of carbonyl (C=O) groups excluding carboxylic acids is 2. The third kappa shape index (κ3) is 3.32. The summed E-state index contributed by atoms with van der Waals surface area (Å²) in [5, 5.41) is 2.91. The van der Waals surface area contributed by atoms with Crippen molar-refractivity contribution in [3.8, 4) is 0 Å². The lowest BCUT2D eigenvalue weighted by molar-refractivity contribution is -0.122. The third-order valence-electron chi connectivity index (χ3n) is 5.35. The molecule has 5 nitrogen and oxygen atoms in total. The van der Waals surface area contributed by atoms with E-state index in [0.717, 1.165) is 18.9 Å². The number of nitrogens with one attached hydrogen (secondary N) is 1. The SMILES string of the molecule is O=C(CN1CCN(C2CC2)C1=O)NC1CC(c2ccc(F)cc2F)C1. The van der Waals surface area contributed by atoms with E-state index < -0.39 is 11.6 Å². The zero-order valence-electron chi connectivity index (χ0n) is 13.9. The van der Waals surface area contributed by atoms with Crippen molar-refractivity contribution in [2.45, 2.75) is 43.7 Å². The molecule has 0 spiro atoms. The largest absolute Gasteiger partial charge is 0.352 e. The van der Waals surface area contributed by atoms with Crippen molar-refractivity contribution in [2.75, 3.05) is 19.6 Å². The highest BCUT2D eigenvalue weighted by molar-refractivity contribution is 5.85. The Balaban J connectivity index is 1.24. The molecule has 134 valence electrons. The van der Waals surface area contributed by atoms with Gasteiger partial charge >= 0.3 is 6.03 Å². The fraction of sp³-hybridized carbons (Fsp3) is 0.556. The molecule has 3 fully saturated rings. The van der Waals surface area contributed by atoms with Crippen LogP contribution in [0.15, 0.2) is 18.2 Å². The van der Waals surface area contributed by atoms with Crippen LogP contribution in [0.1, 0.15) is 37.2 Å². The fourth-order valence-electron chi connectivity index (χ4n) is 3.74. The van der Waals surface area contributed by atoms with Crippen molar-refractivity contribution >= 4 is 11.9 Å². The Hall–Kier alpha value is -2.18. The van der Waals surface area contributed by atoms with Crippen molar-refractivity contribution in [3.63, 3.8) is 0 Å². The molecule has 1 aromatic carbocycles. The summed E-state index contributed by atoms with van der Waals surface area (Å²) in [5.41, 5.74) is 0.502. The first-order valence-corrected chi connectivity index (χ1v) is 8.81. The Kier molecular flexibility index (Phi) is 4.09. The Morgan fingerprint density at radius 2 is 1.96 bits per heavy atom. The second kappa shape index (κ2) is 6.28. The molecule has 0 atom stereocenters. The van der Waals surface area contributed by atoms with Crippen LogP contribution in [-0.4, -0.2) is 53.5 Å². The molecule has 1 heterocycles. The Morgan fingerprint density at radius 1 is 1.20 bits per heavy atom. The number of amides is 3. The van der Waals surface area contributed by atoms with Crippen molar-refractivity contribution < 1.29 is 18.4 Å². The molecule has 7 heteroatoms. The standard InChI is InChI=1S/C18H21F2N3O2/c19-12-1-4-15(16(20)9-12)11-7-13(8-11)21-17(24)10-22-5-6-23(18(22)25)14-2-3-14/h1,4,9,11,13-14H,2-3,5-8,10H2,(H,21,24). The van der Waals surface area contributed by atoms with Crippen LogP contribution >= 0.6 is 0 Å². The van der Waals surface area contributed by atoms with Gasteiger partial charge in [0.25, 0.3) is 0 Å². The van der Waals surface area contributed by atoms with Gasteiger partial charge in [-0.3, -0.25) is 4.79 Å². The van der Waals surface area contributed by atoms with Crippen LogP contribution in [-0.2, 0) is 4.79 Å². The predicted octanol–water partition coefficient (Wildman–Crippen LogP) is 2.23. The molecule has 3 aliphatic rings. The number of carbonyl (C=O) groups is 2. The molecular formula is C18H21F2N3O2. The van der Waals surface area contributed by atoms with Gasteiger partial charge < -0.3 is 15.1 Å². The minimum atomic E-state index is -0.582. The number of rotatable bonds is 5. The van der Waals surface area contributed by atoms with Gasteiger partial charge in [0.05, 0.1) is 0 Å². The lowest BCUT2D eigenvalue weighted by atomic mass is 9.75. The number of benzene rings is 1. The van der Waals surface area contributed by atoms with Gasteiger partial charge in [-0.2, -0.15) is 0 Å². The second-order valence-electron chi connectivity index (χ2n) is 7.23. The van der Waals surface area contributed by atoms with Crippen molar-refractivity contribution in [1.29, 1.82) is 0 Å². The van der Waals surface area contributed by atoms with E-state index in [9.17, 15) is 18.4 Å². The molecule has 25 heavy (non-hydrogen) atoms. The van der Waals surface area contributed by atoms with Gasteiger partial charge in [0.1, 0.15) is 18.2 Å². The highest BCUT2D eigenvalue weighted by Gasteiger charge is 2.40. The van der Waals surface area contributed by atoms with E-state index in [4.69, 9.17) is 0 Å².